The molecule has 0 aromatic heterocycles. The molecule has 0 radical (unpaired) electrons. The van der Waals surface area contributed by atoms with Crippen LogP contribution in [0.15, 0.2) is 0 Å². The first kappa shape index (κ1) is 11.5. The van der Waals surface area contributed by atoms with Crippen LogP contribution in [-0.4, -0.2) is 27.9 Å². The summed E-state index contributed by atoms with van der Waals surface area (Å²) in [5.74, 6) is -0.315. The zero-order chi connectivity index (χ0) is 9.40. The van der Waals surface area contributed by atoms with E-state index in [1.165, 1.54) is 0 Å². The summed E-state index contributed by atoms with van der Waals surface area (Å²) in [5, 5.41) is 0. The Morgan fingerprint density at radius 1 is 1.58 bits per heavy atom. The van der Waals surface area contributed by atoms with Crippen molar-refractivity contribution >= 4 is 17.3 Å². The predicted molar refractivity (Wildman–Crippen MR) is 42.6 cm³/mol. The van der Waals surface area contributed by atoms with Gasteiger partial charge < -0.3 is 4.74 Å². The maximum absolute atomic E-state index is 10.7. The first-order valence-corrected chi connectivity index (χ1v) is 4.59. The molecule has 0 heterocycles. The molecule has 6 heteroatoms. The van der Waals surface area contributed by atoms with E-state index < -0.39 is 11.4 Å². The largest absolute Gasteiger partial charge is 0.466 e. The lowest BCUT2D eigenvalue weighted by molar-refractivity contribution is -0.143. The Hall–Kier alpha value is -0.460. The minimum atomic E-state index is -2.24. The van der Waals surface area contributed by atoms with Gasteiger partial charge in [-0.15, -0.1) is 0 Å². The Balaban J connectivity index is 3.19. The van der Waals surface area contributed by atoms with E-state index in [1.54, 1.807) is 6.92 Å². The van der Waals surface area contributed by atoms with E-state index in [9.17, 15) is 9.00 Å². The standard InChI is InChI=1S/C6H12O5S/c1-2-10-6(7)4-3-5-11-12(8)9/h2-5H2,1H3,(H,8,9). The van der Waals surface area contributed by atoms with Gasteiger partial charge >= 0.3 is 17.3 Å². The first-order chi connectivity index (χ1) is 5.66. The molecule has 0 aromatic carbocycles. The number of carbonyl (C=O) groups excluding carboxylic acids is 1. The van der Waals surface area contributed by atoms with Crippen molar-refractivity contribution < 1.29 is 22.5 Å². The van der Waals surface area contributed by atoms with Gasteiger partial charge in [-0.25, -0.2) is 0 Å². The van der Waals surface area contributed by atoms with Crippen LogP contribution in [0.25, 0.3) is 0 Å². The molecule has 0 saturated carbocycles. The average molecular weight is 196 g/mol. The van der Waals surface area contributed by atoms with Gasteiger partial charge in [-0.2, -0.15) is 4.21 Å². The first-order valence-electron chi connectivity index (χ1n) is 3.56. The minimum absolute atomic E-state index is 0.0852. The van der Waals surface area contributed by atoms with Crippen LogP contribution in [0.2, 0.25) is 0 Å². The predicted octanol–water partition coefficient (Wildman–Crippen LogP) is 0.483. The van der Waals surface area contributed by atoms with Crippen molar-refractivity contribution in [2.75, 3.05) is 13.2 Å². The van der Waals surface area contributed by atoms with Crippen LogP contribution in [0.4, 0.5) is 0 Å². The van der Waals surface area contributed by atoms with Gasteiger partial charge in [-0.3, -0.25) is 13.5 Å². The molecule has 1 unspecified atom stereocenters. The summed E-state index contributed by atoms with van der Waals surface area (Å²) in [7, 11) is 0. The average Bonchev–Trinajstić information content (AvgIpc) is 1.98. The Morgan fingerprint density at radius 2 is 2.25 bits per heavy atom. The quantitative estimate of drug-likeness (QED) is 0.380. The molecular weight excluding hydrogens is 184 g/mol. The van der Waals surface area contributed by atoms with E-state index in [4.69, 9.17) is 4.55 Å². The SMILES string of the molecule is CCOC(=O)CCCOS(=O)O. The Morgan fingerprint density at radius 3 is 2.75 bits per heavy atom. The summed E-state index contributed by atoms with van der Waals surface area (Å²) in [5.41, 5.74) is 0. The topological polar surface area (TPSA) is 72.8 Å². The van der Waals surface area contributed by atoms with Gasteiger partial charge in [-0.05, 0) is 13.3 Å². The Bertz CT molecular complexity index is 158. The van der Waals surface area contributed by atoms with Crippen molar-refractivity contribution in [3.8, 4) is 0 Å². The van der Waals surface area contributed by atoms with Gasteiger partial charge in [-0.1, -0.05) is 0 Å². The normalized spacial score (nSPS) is 12.5. The summed E-state index contributed by atoms with van der Waals surface area (Å²) in [6, 6.07) is 0. The highest BCUT2D eigenvalue weighted by atomic mass is 32.2. The number of hydrogen-bond donors (Lipinski definition) is 1. The second kappa shape index (κ2) is 7.20. The van der Waals surface area contributed by atoms with Crippen LogP contribution < -0.4 is 0 Å². The molecule has 0 fully saturated rings. The summed E-state index contributed by atoms with van der Waals surface area (Å²) < 4.78 is 27.0. The van der Waals surface area contributed by atoms with E-state index in [0.717, 1.165) is 0 Å². The lowest BCUT2D eigenvalue weighted by atomic mass is 10.3. The fraction of sp³-hybridized carbons (Fsp3) is 0.833. The molecule has 0 amide bonds. The molecule has 12 heavy (non-hydrogen) atoms. The number of esters is 1. The summed E-state index contributed by atoms with van der Waals surface area (Å²) >= 11 is -2.24. The van der Waals surface area contributed by atoms with Crippen LogP contribution in [0.5, 0.6) is 0 Å². The summed E-state index contributed by atoms with van der Waals surface area (Å²) in [6.07, 6.45) is 0.607. The van der Waals surface area contributed by atoms with Gasteiger partial charge in [0.15, 0.2) is 0 Å². The van der Waals surface area contributed by atoms with Crippen molar-refractivity contribution in [3.05, 3.63) is 0 Å². The lowest BCUT2D eigenvalue weighted by Crippen LogP contribution is -2.06. The second-order valence-electron chi connectivity index (χ2n) is 1.95. The molecule has 5 nitrogen and oxygen atoms in total. The fourth-order valence-electron chi connectivity index (χ4n) is 0.580. The van der Waals surface area contributed by atoms with Crippen LogP contribution in [0, 0.1) is 0 Å². The molecular formula is C6H12O5S. The van der Waals surface area contributed by atoms with Gasteiger partial charge in [0.2, 0.25) is 0 Å². The molecule has 0 bridgehead atoms. The molecule has 0 aromatic rings. The van der Waals surface area contributed by atoms with E-state index >= 15 is 0 Å². The molecule has 72 valence electrons. The molecule has 0 aliphatic rings. The molecule has 0 aliphatic carbocycles. The van der Waals surface area contributed by atoms with E-state index in [2.05, 4.69) is 8.92 Å². The molecule has 1 atom stereocenters. The maximum atomic E-state index is 10.7. The van der Waals surface area contributed by atoms with Crippen LogP contribution in [0.3, 0.4) is 0 Å². The van der Waals surface area contributed by atoms with E-state index in [0.29, 0.717) is 13.0 Å². The molecule has 0 spiro atoms. The van der Waals surface area contributed by atoms with Crippen LogP contribution in [0.1, 0.15) is 19.8 Å². The van der Waals surface area contributed by atoms with E-state index in [-0.39, 0.29) is 19.0 Å². The van der Waals surface area contributed by atoms with Crippen molar-refractivity contribution in [3.63, 3.8) is 0 Å². The van der Waals surface area contributed by atoms with Crippen molar-refractivity contribution in [1.29, 1.82) is 0 Å². The van der Waals surface area contributed by atoms with Gasteiger partial charge in [0.25, 0.3) is 0 Å². The highest BCUT2D eigenvalue weighted by Crippen LogP contribution is 1.94. The number of carbonyl (C=O) groups is 1. The maximum Gasteiger partial charge on any atom is 0.305 e. The third-order valence-electron chi connectivity index (χ3n) is 1.01. The fourth-order valence-corrected chi connectivity index (χ4v) is 0.840. The van der Waals surface area contributed by atoms with Gasteiger partial charge in [0.05, 0.1) is 13.2 Å². The minimum Gasteiger partial charge on any atom is -0.466 e. The monoisotopic (exact) mass is 196 g/mol. The number of ether oxygens (including phenoxy) is 1. The zero-order valence-electron chi connectivity index (χ0n) is 6.82. The molecule has 0 rings (SSSR count). The van der Waals surface area contributed by atoms with Gasteiger partial charge in [0, 0.05) is 6.42 Å². The van der Waals surface area contributed by atoms with Crippen LogP contribution >= 0.6 is 0 Å². The smallest absolute Gasteiger partial charge is 0.305 e. The lowest BCUT2D eigenvalue weighted by Gasteiger charge is -2.00. The third kappa shape index (κ3) is 7.64. The second-order valence-corrected chi connectivity index (χ2v) is 2.62. The molecule has 0 aliphatic heterocycles. The highest BCUT2D eigenvalue weighted by molar-refractivity contribution is 7.74. The van der Waals surface area contributed by atoms with Crippen molar-refractivity contribution in [1.82, 2.24) is 0 Å². The van der Waals surface area contributed by atoms with Gasteiger partial charge in [0.1, 0.15) is 0 Å². The Labute approximate surface area is 73.5 Å². The zero-order valence-corrected chi connectivity index (χ0v) is 7.63. The van der Waals surface area contributed by atoms with Crippen molar-refractivity contribution in [2.45, 2.75) is 19.8 Å². The van der Waals surface area contributed by atoms with E-state index in [1.807, 2.05) is 0 Å². The van der Waals surface area contributed by atoms with Crippen molar-refractivity contribution in [2.24, 2.45) is 0 Å². The number of hydrogen-bond acceptors (Lipinski definition) is 4. The Kier molecular flexibility index (Phi) is 6.93. The molecule has 1 N–H and O–H groups in total. The molecule has 0 saturated heterocycles. The number of rotatable bonds is 6. The third-order valence-corrected chi connectivity index (χ3v) is 1.38. The van der Waals surface area contributed by atoms with Crippen LogP contribution in [-0.2, 0) is 25.1 Å². The summed E-state index contributed by atoms with van der Waals surface area (Å²) in [6.45, 7) is 2.16. The highest BCUT2D eigenvalue weighted by Gasteiger charge is 2.01. The summed E-state index contributed by atoms with van der Waals surface area (Å²) in [4.78, 5) is 10.7.